The van der Waals surface area contributed by atoms with Crippen molar-refractivity contribution in [3.8, 4) is 0 Å². The summed E-state index contributed by atoms with van der Waals surface area (Å²) in [7, 11) is 0. The third-order valence-corrected chi connectivity index (χ3v) is 6.94. The molecule has 2 N–H and O–H groups in total. The molecule has 0 saturated heterocycles. The molecule has 0 aliphatic heterocycles. The molecule has 3 heteroatoms. The van der Waals surface area contributed by atoms with Crippen LogP contribution >= 0.6 is 0 Å². The Hall–Kier alpha value is -3.40. The van der Waals surface area contributed by atoms with Crippen molar-refractivity contribution < 1.29 is 4.42 Å². The van der Waals surface area contributed by atoms with Crippen molar-refractivity contribution in [1.82, 2.24) is 10.6 Å². The highest BCUT2D eigenvalue weighted by Crippen LogP contribution is 2.37. The minimum atomic E-state index is 0.223. The van der Waals surface area contributed by atoms with Crippen molar-refractivity contribution in [2.45, 2.75) is 51.9 Å². The lowest BCUT2D eigenvalue weighted by molar-refractivity contribution is 0.506. The van der Waals surface area contributed by atoms with Gasteiger partial charge in [0.25, 0.3) is 0 Å². The van der Waals surface area contributed by atoms with E-state index in [0.717, 1.165) is 37.1 Å². The first-order valence-electron chi connectivity index (χ1n) is 12.8. The number of para-hydroxylation sites is 2. The fourth-order valence-electron chi connectivity index (χ4n) is 5.03. The van der Waals surface area contributed by atoms with Gasteiger partial charge in [-0.05, 0) is 24.0 Å². The molecule has 0 radical (unpaired) electrons. The molecule has 0 aliphatic rings. The van der Waals surface area contributed by atoms with Crippen molar-refractivity contribution in [2.75, 3.05) is 0 Å². The summed E-state index contributed by atoms with van der Waals surface area (Å²) in [5.74, 6) is 0. The topological polar surface area (TPSA) is 37.2 Å². The number of hydrogen-bond acceptors (Lipinski definition) is 3. The van der Waals surface area contributed by atoms with E-state index in [1.54, 1.807) is 0 Å². The third kappa shape index (κ3) is 5.02. The molecule has 4 aromatic carbocycles. The van der Waals surface area contributed by atoms with Crippen LogP contribution in [0.3, 0.4) is 0 Å². The molecular weight excluding hydrogens is 428 g/mol. The largest absolute Gasteiger partial charge is 0.455 e. The maximum absolute atomic E-state index is 6.70. The highest BCUT2D eigenvalue weighted by molar-refractivity contribution is 6.07. The van der Waals surface area contributed by atoms with Crippen LogP contribution in [0.15, 0.2) is 101 Å². The molecule has 3 nitrogen and oxygen atoms in total. The minimum absolute atomic E-state index is 0.223. The molecular formula is C32H34N2O. The van der Waals surface area contributed by atoms with Crippen LogP contribution in [0.2, 0.25) is 0 Å². The van der Waals surface area contributed by atoms with Gasteiger partial charge in [-0.15, -0.1) is 0 Å². The number of rotatable bonds is 10. The van der Waals surface area contributed by atoms with Crippen molar-refractivity contribution >= 4 is 21.9 Å². The zero-order chi connectivity index (χ0) is 24.0. The van der Waals surface area contributed by atoms with Crippen LogP contribution in [-0.2, 0) is 13.1 Å². The summed E-state index contributed by atoms with van der Waals surface area (Å²) in [5.41, 5.74) is 7.04. The molecule has 0 fully saturated rings. The lowest BCUT2D eigenvalue weighted by atomic mass is 9.98. The second-order valence-corrected chi connectivity index (χ2v) is 9.20. The first-order valence-corrected chi connectivity index (χ1v) is 12.8. The SMILES string of the molecule is CC[C@@H](NCc1ccccc1)c1cccc2c1oc1c([C@@H](CC)NCc3ccccc3)cccc12. The van der Waals surface area contributed by atoms with Crippen LogP contribution in [-0.4, -0.2) is 0 Å². The Bertz CT molecular complexity index is 1270. The summed E-state index contributed by atoms with van der Waals surface area (Å²) in [6, 6.07) is 34.7. The van der Waals surface area contributed by atoms with Crippen molar-refractivity contribution in [3.63, 3.8) is 0 Å². The van der Waals surface area contributed by atoms with Gasteiger partial charge in [-0.25, -0.2) is 0 Å². The van der Waals surface area contributed by atoms with E-state index < -0.39 is 0 Å². The second-order valence-electron chi connectivity index (χ2n) is 9.20. The quantitative estimate of drug-likeness (QED) is 0.220. The molecule has 0 amide bonds. The fraction of sp³-hybridized carbons (Fsp3) is 0.250. The van der Waals surface area contributed by atoms with Crippen molar-refractivity contribution in [2.24, 2.45) is 0 Å². The van der Waals surface area contributed by atoms with E-state index in [0.29, 0.717) is 0 Å². The molecule has 35 heavy (non-hydrogen) atoms. The summed E-state index contributed by atoms with van der Waals surface area (Å²) >= 11 is 0. The Morgan fingerprint density at radius 3 is 1.37 bits per heavy atom. The predicted molar refractivity (Wildman–Crippen MR) is 146 cm³/mol. The Morgan fingerprint density at radius 1 is 0.543 bits per heavy atom. The normalized spacial score (nSPS) is 13.3. The van der Waals surface area contributed by atoms with Gasteiger partial charge in [-0.3, -0.25) is 0 Å². The summed E-state index contributed by atoms with van der Waals surface area (Å²) in [6.07, 6.45) is 1.98. The Morgan fingerprint density at radius 2 is 0.971 bits per heavy atom. The van der Waals surface area contributed by atoms with E-state index in [1.807, 2.05) is 0 Å². The van der Waals surface area contributed by atoms with Gasteiger partial charge in [-0.2, -0.15) is 0 Å². The summed E-state index contributed by atoms with van der Waals surface area (Å²) in [6.45, 7) is 6.14. The maximum atomic E-state index is 6.70. The molecule has 0 unspecified atom stereocenters. The Kier molecular flexibility index (Phi) is 7.27. The van der Waals surface area contributed by atoms with E-state index in [9.17, 15) is 0 Å². The Labute approximate surface area is 208 Å². The van der Waals surface area contributed by atoms with Crippen molar-refractivity contribution in [3.05, 3.63) is 119 Å². The van der Waals surface area contributed by atoms with E-state index in [1.165, 1.54) is 33.0 Å². The molecule has 5 rings (SSSR count). The monoisotopic (exact) mass is 462 g/mol. The standard InChI is InChI=1S/C32H34N2O/c1-3-29(33-21-23-13-7-5-8-14-23)27-19-11-17-25-26-18-12-20-28(32(26)35-31(25)27)30(4-2)34-22-24-15-9-6-10-16-24/h5-20,29-30,33-34H,3-4,21-22H2,1-2H3/t29-,30-/m1/s1. The van der Waals surface area contributed by atoms with Crippen LogP contribution in [0.4, 0.5) is 0 Å². The third-order valence-electron chi connectivity index (χ3n) is 6.94. The van der Waals surface area contributed by atoms with Gasteiger partial charge >= 0.3 is 0 Å². The van der Waals surface area contributed by atoms with Crippen LogP contribution < -0.4 is 10.6 Å². The number of nitrogens with one attached hydrogen (secondary N) is 2. The van der Waals surface area contributed by atoms with E-state index in [4.69, 9.17) is 4.42 Å². The molecule has 0 bridgehead atoms. The van der Waals surface area contributed by atoms with E-state index in [2.05, 4.69) is 122 Å². The number of hydrogen-bond donors (Lipinski definition) is 2. The summed E-state index contributed by atoms with van der Waals surface area (Å²) in [4.78, 5) is 0. The molecule has 1 aromatic heterocycles. The van der Waals surface area contributed by atoms with Gasteiger partial charge in [0, 0.05) is 47.1 Å². The molecule has 0 saturated carbocycles. The van der Waals surface area contributed by atoms with Crippen LogP contribution in [0.5, 0.6) is 0 Å². The molecule has 1 heterocycles. The second kappa shape index (κ2) is 10.9. The molecule has 0 aliphatic carbocycles. The van der Waals surface area contributed by atoms with Gasteiger partial charge in [0.2, 0.25) is 0 Å². The lowest BCUT2D eigenvalue weighted by Crippen LogP contribution is -2.20. The van der Waals surface area contributed by atoms with Gasteiger partial charge in [0.1, 0.15) is 11.2 Å². The van der Waals surface area contributed by atoms with Gasteiger partial charge in [-0.1, -0.05) is 111 Å². The lowest BCUT2D eigenvalue weighted by Gasteiger charge is -2.18. The maximum Gasteiger partial charge on any atom is 0.140 e. The zero-order valence-corrected chi connectivity index (χ0v) is 20.6. The van der Waals surface area contributed by atoms with Gasteiger partial charge < -0.3 is 15.1 Å². The van der Waals surface area contributed by atoms with Gasteiger partial charge in [0.05, 0.1) is 0 Å². The average Bonchev–Trinajstić information content (AvgIpc) is 3.31. The van der Waals surface area contributed by atoms with Crippen LogP contribution in [0.25, 0.3) is 21.9 Å². The molecule has 2 atom stereocenters. The summed E-state index contributed by atoms with van der Waals surface area (Å²) < 4.78 is 6.70. The summed E-state index contributed by atoms with van der Waals surface area (Å²) in [5, 5.41) is 9.89. The highest BCUT2D eigenvalue weighted by atomic mass is 16.3. The minimum Gasteiger partial charge on any atom is -0.455 e. The number of furan rings is 1. The zero-order valence-electron chi connectivity index (χ0n) is 20.6. The van der Waals surface area contributed by atoms with Gasteiger partial charge in [0.15, 0.2) is 0 Å². The van der Waals surface area contributed by atoms with E-state index in [-0.39, 0.29) is 12.1 Å². The first-order chi connectivity index (χ1) is 17.3. The van der Waals surface area contributed by atoms with Crippen LogP contribution in [0, 0.1) is 0 Å². The fourth-order valence-corrected chi connectivity index (χ4v) is 5.03. The smallest absolute Gasteiger partial charge is 0.140 e. The highest BCUT2D eigenvalue weighted by Gasteiger charge is 2.20. The van der Waals surface area contributed by atoms with Crippen LogP contribution in [0.1, 0.15) is 61.0 Å². The molecule has 0 spiro atoms. The average molecular weight is 463 g/mol. The van der Waals surface area contributed by atoms with E-state index >= 15 is 0 Å². The number of fused-ring (bicyclic) bond motifs is 3. The van der Waals surface area contributed by atoms with Crippen molar-refractivity contribution in [1.29, 1.82) is 0 Å². The predicted octanol–water partition coefficient (Wildman–Crippen LogP) is 8.07. The Balaban J connectivity index is 1.48. The number of benzene rings is 4. The molecule has 178 valence electrons. The molecule has 5 aromatic rings. The first kappa shape index (κ1) is 23.3.